The Morgan fingerprint density at radius 3 is 2.30 bits per heavy atom. The minimum absolute atomic E-state index is 0.112. The number of thiophene rings is 1. The Balaban J connectivity index is 1.28. The number of alkyl halides is 3. The van der Waals surface area contributed by atoms with E-state index in [1.54, 1.807) is 24.3 Å². The summed E-state index contributed by atoms with van der Waals surface area (Å²) in [6.45, 7) is 0.673. The van der Waals surface area contributed by atoms with Crippen LogP contribution in [0.5, 0.6) is 11.5 Å². The maximum absolute atomic E-state index is 12.9. The molecule has 3 aromatic rings. The van der Waals surface area contributed by atoms with E-state index in [1.807, 2.05) is 0 Å². The first-order valence-corrected chi connectivity index (χ1v) is 13.8. The van der Waals surface area contributed by atoms with Gasteiger partial charge in [-0.1, -0.05) is 35.9 Å². The molecule has 0 saturated carbocycles. The number of benzene rings is 2. The van der Waals surface area contributed by atoms with Gasteiger partial charge in [0.2, 0.25) is 5.91 Å². The molecule has 1 N–H and O–H groups in total. The van der Waals surface area contributed by atoms with E-state index >= 15 is 0 Å². The number of ether oxygens (including phenoxy) is 2. The number of hydrogen-bond donors (Lipinski definition) is 1. The van der Waals surface area contributed by atoms with Crippen LogP contribution in [0.3, 0.4) is 0 Å². The van der Waals surface area contributed by atoms with E-state index in [9.17, 15) is 26.4 Å². The lowest BCUT2D eigenvalue weighted by Gasteiger charge is -2.22. The first-order valence-electron chi connectivity index (χ1n) is 11.1. The molecule has 0 radical (unpaired) electrons. The van der Waals surface area contributed by atoms with E-state index in [4.69, 9.17) is 16.3 Å². The van der Waals surface area contributed by atoms with Gasteiger partial charge in [0, 0.05) is 13.1 Å². The van der Waals surface area contributed by atoms with E-state index in [0.29, 0.717) is 22.9 Å². The lowest BCUT2D eigenvalue weighted by molar-refractivity contribution is -0.274. The van der Waals surface area contributed by atoms with Crippen molar-refractivity contribution in [2.75, 3.05) is 6.54 Å². The Labute approximate surface area is 220 Å². The van der Waals surface area contributed by atoms with E-state index < -0.39 is 22.4 Å². The van der Waals surface area contributed by atoms with Crippen molar-refractivity contribution in [1.29, 1.82) is 0 Å². The molecule has 1 atom stereocenters. The molecule has 37 heavy (non-hydrogen) atoms. The van der Waals surface area contributed by atoms with Crippen molar-refractivity contribution in [2.45, 2.75) is 42.6 Å². The molecule has 1 aliphatic heterocycles. The number of amides is 1. The van der Waals surface area contributed by atoms with Gasteiger partial charge in [-0.2, -0.15) is 4.31 Å². The smallest absolute Gasteiger partial charge is 0.489 e. The van der Waals surface area contributed by atoms with Crippen LogP contribution in [0, 0.1) is 0 Å². The molecule has 7 nitrogen and oxygen atoms in total. The van der Waals surface area contributed by atoms with Crippen molar-refractivity contribution < 1.29 is 35.9 Å². The fourth-order valence-electron chi connectivity index (χ4n) is 3.81. The van der Waals surface area contributed by atoms with Gasteiger partial charge in [0.05, 0.1) is 4.34 Å². The van der Waals surface area contributed by atoms with Crippen LogP contribution in [-0.4, -0.2) is 37.6 Å². The van der Waals surface area contributed by atoms with Crippen LogP contribution in [-0.2, 0) is 28.0 Å². The Hall–Kier alpha value is -2.80. The SMILES string of the molecule is O=C(NCc1ccc(COc2ccc(OC(F)(F)F)cc2)cc1)[C@@H]1CCCN1S(=O)(=O)c1ccc(Cl)s1. The predicted molar refractivity (Wildman–Crippen MR) is 132 cm³/mol. The van der Waals surface area contributed by atoms with Crippen LogP contribution in [0.4, 0.5) is 13.2 Å². The highest BCUT2D eigenvalue weighted by Gasteiger charge is 2.40. The fraction of sp³-hybridized carbons (Fsp3) is 0.292. The van der Waals surface area contributed by atoms with Gasteiger partial charge in [0.1, 0.15) is 28.4 Å². The van der Waals surface area contributed by atoms with Gasteiger partial charge in [-0.3, -0.25) is 4.79 Å². The van der Waals surface area contributed by atoms with Crippen molar-refractivity contribution in [3.05, 3.63) is 76.1 Å². The maximum atomic E-state index is 12.9. The van der Waals surface area contributed by atoms with Crippen molar-refractivity contribution in [3.63, 3.8) is 0 Å². The minimum Gasteiger partial charge on any atom is -0.489 e. The molecule has 0 aliphatic carbocycles. The number of carbonyl (C=O) groups excluding carboxylic acids is 1. The molecule has 198 valence electrons. The summed E-state index contributed by atoms with van der Waals surface area (Å²) in [6.07, 6.45) is -3.73. The Morgan fingerprint density at radius 1 is 1.03 bits per heavy atom. The third-order valence-corrected chi connectivity index (χ3v) is 9.18. The molecule has 2 heterocycles. The molecule has 1 aromatic heterocycles. The highest BCUT2D eigenvalue weighted by molar-refractivity contribution is 7.91. The normalized spacial score (nSPS) is 16.5. The minimum atomic E-state index is -4.75. The molecule has 2 aromatic carbocycles. The van der Waals surface area contributed by atoms with Crippen LogP contribution in [0.25, 0.3) is 0 Å². The van der Waals surface area contributed by atoms with Gasteiger partial charge in [-0.05, 0) is 60.4 Å². The molecule has 1 saturated heterocycles. The van der Waals surface area contributed by atoms with Crippen LogP contribution in [0.15, 0.2) is 64.9 Å². The molecule has 0 spiro atoms. The molecular formula is C24H22ClF3N2O5S2. The van der Waals surface area contributed by atoms with Gasteiger partial charge in [0.15, 0.2) is 0 Å². The van der Waals surface area contributed by atoms with Crippen LogP contribution in [0.2, 0.25) is 4.34 Å². The second-order valence-electron chi connectivity index (χ2n) is 8.17. The largest absolute Gasteiger partial charge is 0.573 e. The highest BCUT2D eigenvalue weighted by Crippen LogP contribution is 2.32. The number of sulfonamides is 1. The molecule has 1 fully saturated rings. The molecule has 4 rings (SSSR count). The zero-order valence-corrected chi connectivity index (χ0v) is 21.6. The average Bonchev–Trinajstić information content (AvgIpc) is 3.52. The zero-order valence-electron chi connectivity index (χ0n) is 19.2. The Kier molecular flexibility index (Phi) is 8.32. The van der Waals surface area contributed by atoms with Crippen LogP contribution >= 0.6 is 22.9 Å². The predicted octanol–water partition coefficient (Wildman–Crippen LogP) is 5.35. The fourth-order valence-corrected chi connectivity index (χ4v) is 7.07. The number of nitrogens with one attached hydrogen (secondary N) is 1. The van der Waals surface area contributed by atoms with Crippen molar-refractivity contribution in [1.82, 2.24) is 9.62 Å². The average molecular weight is 575 g/mol. The summed E-state index contributed by atoms with van der Waals surface area (Å²) in [5.41, 5.74) is 1.62. The quantitative estimate of drug-likeness (QED) is 0.372. The first-order chi connectivity index (χ1) is 17.5. The highest BCUT2D eigenvalue weighted by atomic mass is 35.5. The van der Waals surface area contributed by atoms with Crippen molar-refractivity contribution >= 4 is 38.9 Å². The number of hydrogen-bond acceptors (Lipinski definition) is 6. The number of halogens is 4. The maximum Gasteiger partial charge on any atom is 0.573 e. The summed E-state index contributed by atoms with van der Waals surface area (Å²) >= 11 is 6.85. The lowest BCUT2D eigenvalue weighted by atomic mass is 10.1. The molecule has 1 amide bonds. The molecular weight excluding hydrogens is 553 g/mol. The lowest BCUT2D eigenvalue weighted by Crippen LogP contribution is -2.45. The van der Waals surface area contributed by atoms with E-state index in [1.165, 1.54) is 40.7 Å². The van der Waals surface area contributed by atoms with Crippen LogP contribution < -0.4 is 14.8 Å². The number of nitrogens with zero attached hydrogens (tertiary/aromatic N) is 1. The monoisotopic (exact) mass is 574 g/mol. The Bertz CT molecular complexity index is 1330. The molecule has 0 bridgehead atoms. The second kappa shape index (κ2) is 11.3. The summed E-state index contributed by atoms with van der Waals surface area (Å²) in [5.74, 6) is -0.318. The third kappa shape index (κ3) is 7.16. The standard InChI is InChI=1S/C24H22ClF3N2O5S2/c25-21-11-12-22(36-21)37(32,33)30-13-1-2-20(30)23(31)29-14-16-3-5-17(6-4-16)15-34-18-7-9-19(10-8-18)35-24(26,27)28/h3-12,20H,1-2,13-15H2,(H,29,31)/t20-/m0/s1. The summed E-state index contributed by atoms with van der Waals surface area (Å²) in [6, 6.07) is 14.5. The third-order valence-electron chi connectivity index (χ3n) is 5.57. The van der Waals surface area contributed by atoms with Gasteiger partial charge in [-0.25, -0.2) is 8.42 Å². The summed E-state index contributed by atoms with van der Waals surface area (Å²) < 4.78 is 73.7. The zero-order chi connectivity index (χ0) is 26.6. The van der Waals surface area contributed by atoms with Crippen molar-refractivity contribution in [2.24, 2.45) is 0 Å². The van der Waals surface area contributed by atoms with Gasteiger partial charge in [0.25, 0.3) is 10.0 Å². The first kappa shape index (κ1) is 27.2. The van der Waals surface area contributed by atoms with Gasteiger partial charge in [-0.15, -0.1) is 24.5 Å². The number of rotatable bonds is 9. The van der Waals surface area contributed by atoms with Crippen LogP contribution in [0.1, 0.15) is 24.0 Å². The molecule has 13 heteroatoms. The summed E-state index contributed by atoms with van der Waals surface area (Å²) in [4.78, 5) is 12.8. The van der Waals surface area contributed by atoms with E-state index in [2.05, 4.69) is 10.1 Å². The topological polar surface area (TPSA) is 84.9 Å². The summed E-state index contributed by atoms with van der Waals surface area (Å²) in [5, 5.41) is 2.81. The number of carbonyl (C=O) groups is 1. The van der Waals surface area contributed by atoms with E-state index in [-0.39, 0.29) is 35.6 Å². The molecule has 0 unspecified atom stereocenters. The van der Waals surface area contributed by atoms with Gasteiger partial charge >= 0.3 is 6.36 Å². The van der Waals surface area contributed by atoms with Gasteiger partial charge < -0.3 is 14.8 Å². The second-order valence-corrected chi connectivity index (χ2v) is 12.0. The Morgan fingerprint density at radius 2 is 1.68 bits per heavy atom. The van der Waals surface area contributed by atoms with Crippen molar-refractivity contribution in [3.8, 4) is 11.5 Å². The molecule has 1 aliphatic rings. The summed E-state index contributed by atoms with van der Waals surface area (Å²) in [7, 11) is -3.80. The van der Waals surface area contributed by atoms with E-state index in [0.717, 1.165) is 22.5 Å².